The molecule has 1 aromatic rings. The number of hydrogen-bond donors (Lipinski definition) is 1. The third-order valence-electron chi connectivity index (χ3n) is 4.56. The molecule has 1 aliphatic rings. The van der Waals surface area contributed by atoms with Gasteiger partial charge in [0.2, 0.25) is 5.91 Å². The molecule has 6 heteroatoms. The van der Waals surface area contributed by atoms with E-state index in [1.165, 1.54) is 11.3 Å². The van der Waals surface area contributed by atoms with Crippen LogP contribution in [-0.2, 0) is 4.79 Å². The van der Waals surface area contributed by atoms with Crippen LogP contribution < -0.4 is 5.73 Å². The molecule has 2 amide bonds. The van der Waals surface area contributed by atoms with Gasteiger partial charge in [0.15, 0.2) is 0 Å². The van der Waals surface area contributed by atoms with Crippen molar-refractivity contribution in [2.75, 3.05) is 20.1 Å². The standard InChI is InChI=1S/C17H27N3O2S/c1-12(2)13(18)8-10-19(3)16(21)14-6-4-9-20(14)17(22)15-7-5-11-23-15/h5,7,11-14H,4,6,8-10,18H2,1-3H3. The topological polar surface area (TPSA) is 66.6 Å². The summed E-state index contributed by atoms with van der Waals surface area (Å²) in [6.45, 7) is 5.47. The van der Waals surface area contributed by atoms with Crippen LogP contribution in [0.15, 0.2) is 17.5 Å². The summed E-state index contributed by atoms with van der Waals surface area (Å²) < 4.78 is 0. The van der Waals surface area contributed by atoms with Crippen LogP contribution in [0.5, 0.6) is 0 Å². The molecule has 0 spiro atoms. The molecule has 0 radical (unpaired) electrons. The number of likely N-dealkylation sites (N-methyl/N-ethyl adjacent to an activating group) is 1. The van der Waals surface area contributed by atoms with Gasteiger partial charge in [0.05, 0.1) is 4.88 Å². The summed E-state index contributed by atoms with van der Waals surface area (Å²) in [5.41, 5.74) is 6.06. The molecule has 0 saturated carbocycles. The lowest BCUT2D eigenvalue weighted by Crippen LogP contribution is -2.47. The molecule has 2 heterocycles. The van der Waals surface area contributed by atoms with E-state index in [-0.39, 0.29) is 23.9 Å². The number of carbonyl (C=O) groups excluding carboxylic acids is 2. The lowest BCUT2D eigenvalue weighted by Gasteiger charge is -2.28. The Labute approximate surface area is 142 Å². The fourth-order valence-electron chi connectivity index (χ4n) is 2.85. The van der Waals surface area contributed by atoms with Crippen molar-refractivity contribution in [3.8, 4) is 0 Å². The van der Waals surface area contributed by atoms with Crippen LogP contribution in [0.3, 0.4) is 0 Å². The highest BCUT2D eigenvalue weighted by Crippen LogP contribution is 2.23. The van der Waals surface area contributed by atoms with Crippen molar-refractivity contribution in [1.29, 1.82) is 0 Å². The Hall–Kier alpha value is -1.40. The van der Waals surface area contributed by atoms with E-state index in [4.69, 9.17) is 5.73 Å². The van der Waals surface area contributed by atoms with Gasteiger partial charge in [-0.2, -0.15) is 0 Å². The number of nitrogens with zero attached hydrogens (tertiary/aromatic N) is 2. The first kappa shape index (κ1) is 17.9. The van der Waals surface area contributed by atoms with Gasteiger partial charge in [-0.15, -0.1) is 11.3 Å². The van der Waals surface area contributed by atoms with Crippen LogP contribution in [0.25, 0.3) is 0 Å². The Morgan fingerprint density at radius 3 is 2.83 bits per heavy atom. The van der Waals surface area contributed by atoms with Crippen LogP contribution in [0, 0.1) is 5.92 Å². The first-order chi connectivity index (χ1) is 10.9. The second kappa shape index (κ2) is 7.93. The zero-order valence-electron chi connectivity index (χ0n) is 14.2. The summed E-state index contributed by atoms with van der Waals surface area (Å²) in [5, 5.41) is 1.89. The van der Waals surface area contributed by atoms with Gasteiger partial charge < -0.3 is 15.5 Å². The zero-order chi connectivity index (χ0) is 17.0. The predicted molar refractivity (Wildman–Crippen MR) is 93.4 cm³/mol. The van der Waals surface area contributed by atoms with Crippen LogP contribution in [-0.4, -0.2) is 53.8 Å². The van der Waals surface area contributed by atoms with Crippen molar-refractivity contribution in [3.05, 3.63) is 22.4 Å². The second-order valence-electron chi connectivity index (χ2n) is 6.59. The highest BCUT2D eigenvalue weighted by atomic mass is 32.1. The van der Waals surface area contributed by atoms with Gasteiger partial charge in [0.25, 0.3) is 5.91 Å². The van der Waals surface area contributed by atoms with E-state index < -0.39 is 0 Å². The minimum atomic E-state index is -0.329. The van der Waals surface area contributed by atoms with Crippen LogP contribution in [0.4, 0.5) is 0 Å². The van der Waals surface area contributed by atoms with Crippen molar-refractivity contribution in [1.82, 2.24) is 9.80 Å². The fourth-order valence-corrected chi connectivity index (χ4v) is 3.53. The van der Waals surface area contributed by atoms with Gasteiger partial charge in [0.1, 0.15) is 6.04 Å². The number of hydrogen-bond acceptors (Lipinski definition) is 4. The Morgan fingerprint density at radius 2 is 2.22 bits per heavy atom. The summed E-state index contributed by atoms with van der Waals surface area (Å²) in [7, 11) is 1.81. The number of thiophene rings is 1. The van der Waals surface area contributed by atoms with Crippen molar-refractivity contribution >= 4 is 23.2 Å². The lowest BCUT2D eigenvalue weighted by atomic mass is 10.0. The smallest absolute Gasteiger partial charge is 0.264 e. The number of nitrogens with two attached hydrogens (primary N) is 1. The normalized spacial score (nSPS) is 19.2. The molecule has 128 valence electrons. The summed E-state index contributed by atoms with van der Waals surface area (Å²) in [6.07, 6.45) is 2.41. The zero-order valence-corrected chi connectivity index (χ0v) is 15.0. The third-order valence-corrected chi connectivity index (χ3v) is 5.42. The van der Waals surface area contributed by atoms with E-state index >= 15 is 0 Å². The van der Waals surface area contributed by atoms with Crippen molar-refractivity contribution < 1.29 is 9.59 Å². The molecule has 0 aromatic carbocycles. The van der Waals surface area contributed by atoms with Crippen molar-refractivity contribution in [2.24, 2.45) is 11.7 Å². The van der Waals surface area contributed by atoms with Gasteiger partial charge >= 0.3 is 0 Å². The van der Waals surface area contributed by atoms with E-state index in [1.807, 2.05) is 24.6 Å². The summed E-state index contributed by atoms with van der Waals surface area (Å²) in [4.78, 5) is 29.4. The average Bonchev–Trinajstić information content (AvgIpc) is 3.21. The third kappa shape index (κ3) is 4.32. The molecule has 2 atom stereocenters. The van der Waals surface area contributed by atoms with Crippen LogP contribution >= 0.6 is 11.3 Å². The molecule has 1 aromatic heterocycles. The summed E-state index contributed by atoms with van der Waals surface area (Å²) >= 11 is 1.42. The molecule has 1 aliphatic heterocycles. The van der Waals surface area contributed by atoms with Gasteiger partial charge in [-0.1, -0.05) is 19.9 Å². The molecular weight excluding hydrogens is 310 g/mol. The molecule has 0 bridgehead atoms. The minimum absolute atomic E-state index is 0.0249. The number of rotatable bonds is 6. The highest BCUT2D eigenvalue weighted by Gasteiger charge is 2.36. The fraction of sp³-hybridized carbons (Fsp3) is 0.647. The number of likely N-dealkylation sites (tertiary alicyclic amines) is 1. The SMILES string of the molecule is CC(C)C(N)CCN(C)C(=O)C1CCCN1C(=O)c1cccs1. The monoisotopic (exact) mass is 337 g/mol. The molecule has 1 saturated heterocycles. The maximum atomic E-state index is 12.7. The number of carbonyl (C=O) groups is 2. The number of amides is 2. The molecular formula is C17H27N3O2S. The molecule has 23 heavy (non-hydrogen) atoms. The van der Waals surface area contributed by atoms with E-state index in [0.717, 1.165) is 19.3 Å². The van der Waals surface area contributed by atoms with E-state index in [2.05, 4.69) is 13.8 Å². The largest absolute Gasteiger partial charge is 0.344 e. The van der Waals surface area contributed by atoms with E-state index in [1.54, 1.807) is 9.80 Å². The Kier molecular flexibility index (Phi) is 6.18. The Morgan fingerprint density at radius 1 is 1.48 bits per heavy atom. The molecule has 2 unspecified atom stereocenters. The van der Waals surface area contributed by atoms with Crippen molar-refractivity contribution in [3.63, 3.8) is 0 Å². The van der Waals surface area contributed by atoms with Gasteiger partial charge in [-0.25, -0.2) is 0 Å². The lowest BCUT2D eigenvalue weighted by molar-refractivity contribution is -0.134. The van der Waals surface area contributed by atoms with Gasteiger partial charge in [0, 0.05) is 26.2 Å². The Balaban J connectivity index is 1.96. The first-order valence-corrected chi connectivity index (χ1v) is 9.14. The maximum Gasteiger partial charge on any atom is 0.264 e. The maximum absolute atomic E-state index is 12.7. The van der Waals surface area contributed by atoms with Crippen molar-refractivity contribution in [2.45, 2.75) is 45.2 Å². The highest BCUT2D eigenvalue weighted by molar-refractivity contribution is 7.12. The summed E-state index contributed by atoms with van der Waals surface area (Å²) in [5.74, 6) is 0.411. The Bertz CT molecular complexity index is 530. The van der Waals surface area contributed by atoms with E-state index in [9.17, 15) is 9.59 Å². The second-order valence-corrected chi connectivity index (χ2v) is 7.54. The quantitative estimate of drug-likeness (QED) is 0.865. The molecule has 1 fully saturated rings. The first-order valence-electron chi connectivity index (χ1n) is 8.27. The minimum Gasteiger partial charge on any atom is -0.344 e. The van der Waals surface area contributed by atoms with Crippen LogP contribution in [0.1, 0.15) is 42.8 Å². The van der Waals surface area contributed by atoms with E-state index in [0.29, 0.717) is 23.9 Å². The summed E-state index contributed by atoms with van der Waals surface area (Å²) in [6, 6.07) is 3.45. The molecule has 2 rings (SSSR count). The van der Waals surface area contributed by atoms with Gasteiger partial charge in [-0.3, -0.25) is 9.59 Å². The molecule has 2 N–H and O–H groups in total. The average molecular weight is 337 g/mol. The predicted octanol–water partition coefficient (Wildman–Crippen LogP) is 2.18. The molecule has 0 aliphatic carbocycles. The molecule has 5 nitrogen and oxygen atoms in total. The van der Waals surface area contributed by atoms with Crippen LogP contribution in [0.2, 0.25) is 0 Å². The van der Waals surface area contributed by atoms with Gasteiger partial charge in [-0.05, 0) is 36.6 Å².